The Morgan fingerprint density at radius 2 is 1.77 bits per heavy atom. The molecule has 0 aliphatic carbocycles. The van der Waals surface area contributed by atoms with E-state index >= 15 is 0 Å². The van der Waals surface area contributed by atoms with Crippen molar-refractivity contribution < 1.29 is 9.59 Å². The van der Waals surface area contributed by atoms with E-state index < -0.39 is 5.41 Å². The number of aryl methyl sites for hydroxylation is 1. The largest absolute Gasteiger partial charge is 0.334 e. The number of carbonyl (C=O) groups is 2. The van der Waals surface area contributed by atoms with Crippen LogP contribution in [0.2, 0.25) is 0 Å². The SMILES string of the molecule is O=C(c1ccc(=O)[nH]c1)N1CC[C@]2(C(=O)Nc3ccccc32)[C@@H]1CCc1ccccc1. The Bertz CT molecular complexity index is 1180. The van der Waals surface area contributed by atoms with Crippen LogP contribution in [0.25, 0.3) is 0 Å². The van der Waals surface area contributed by atoms with Gasteiger partial charge in [0.2, 0.25) is 11.5 Å². The summed E-state index contributed by atoms with van der Waals surface area (Å²) in [6.45, 7) is 0.485. The van der Waals surface area contributed by atoms with Crippen molar-refractivity contribution in [2.75, 3.05) is 11.9 Å². The Kier molecular flexibility index (Phi) is 4.70. The zero-order valence-electron chi connectivity index (χ0n) is 17.0. The van der Waals surface area contributed by atoms with Crippen LogP contribution in [0, 0.1) is 0 Å². The number of benzene rings is 2. The summed E-state index contributed by atoms with van der Waals surface area (Å²) in [5, 5.41) is 3.04. The molecular weight excluding hydrogens is 390 g/mol. The summed E-state index contributed by atoms with van der Waals surface area (Å²) in [7, 11) is 0. The van der Waals surface area contributed by atoms with Crippen molar-refractivity contribution in [3.05, 3.63) is 100.0 Å². The summed E-state index contributed by atoms with van der Waals surface area (Å²) in [5.41, 5.74) is 2.38. The van der Waals surface area contributed by atoms with Gasteiger partial charge in [-0.1, -0.05) is 48.5 Å². The van der Waals surface area contributed by atoms with Gasteiger partial charge < -0.3 is 15.2 Å². The molecule has 1 spiro atoms. The molecule has 6 heteroatoms. The molecule has 0 radical (unpaired) electrons. The minimum atomic E-state index is -0.761. The standard InChI is InChI=1S/C25H23N3O3/c29-22-13-11-18(16-26-22)23(30)28-15-14-25(19-8-4-5-9-20(19)27-24(25)31)21(28)12-10-17-6-2-1-3-7-17/h1-9,11,13,16,21H,10,12,14-15H2,(H,26,29)(H,27,31)/t21-,25+/m0/s1. The molecule has 156 valence electrons. The molecule has 0 saturated carbocycles. The molecule has 0 bridgehead atoms. The third-order valence-electron chi connectivity index (χ3n) is 6.59. The number of para-hydroxylation sites is 1. The van der Waals surface area contributed by atoms with E-state index in [9.17, 15) is 14.4 Å². The minimum absolute atomic E-state index is 0.0384. The van der Waals surface area contributed by atoms with Gasteiger partial charge in [-0.05, 0) is 42.5 Å². The molecule has 0 unspecified atom stereocenters. The first-order valence-electron chi connectivity index (χ1n) is 10.5. The van der Waals surface area contributed by atoms with Gasteiger partial charge in [-0.15, -0.1) is 0 Å². The zero-order chi connectivity index (χ0) is 21.4. The predicted octanol–water partition coefficient (Wildman–Crippen LogP) is 3.11. The second-order valence-electron chi connectivity index (χ2n) is 8.20. The van der Waals surface area contributed by atoms with E-state index in [0.29, 0.717) is 24.9 Å². The summed E-state index contributed by atoms with van der Waals surface area (Å²) in [6, 6.07) is 20.5. The van der Waals surface area contributed by atoms with Crippen LogP contribution in [0.4, 0.5) is 5.69 Å². The normalized spacial score (nSPS) is 21.9. The van der Waals surface area contributed by atoms with Crippen LogP contribution >= 0.6 is 0 Å². The predicted molar refractivity (Wildman–Crippen MR) is 118 cm³/mol. The monoisotopic (exact) mass is 413 g/mol. The molecule has 3 aromatic rings. The number of nitrogens with one attached hydrogen (secondary N) is 2. The Morgan fingerprint density at radius 3 is 2.55 bits per heavy atom. The lowest BCUT2D eigenvalue weighted by atomic mass is 9.73. The molecule has 6 nitrogen and oxygen atoms in total. The highest BCUT2D eigenvalue weighted by Gasteiger charge is 2.58. The van der Waals surface area contributed by atoms with E-state index in [1.54, 1.807) is 6.07 Å². The number of rotatable bonds is 4. The highest BCUT2D eigenvalue weighted by atomic mass is 16.2. The molecule has 1 aromatic heterocycles. The number of likely N-dealkylation sites (tertiary alicyclic amines) is 1. The summed E-state index contributed by atoms with van der Waals surface area (Å²) in [6.07, 6.45) is 3.45. The first-order chi connectivity index (χ1) is 15.1. The van der Waals surface area contributed by atoms with Gasteiger partial charge in [-0.3, -0.25) is 14.4 Å². The van der Waals surface area contributed by atoms with Gasteiger partial charge in [0.1, 0.15) is 0 Å². The number of amides is 2. The molecule has 1 fully saturated rings. The fourth-order valence-corrected chi connectivity index (χ4v) is 5.10. The van der Waals surface area contributed by atoms with E-state index in [1.165, 1.54) is 17.8 Å². The van der Waals surface area contributed by atoms with Crippen molar-refractivity contribution in [1.29, 1.82) is 0 Å². The number of aromatic amines is 1. The first-order valence-corrected chi connectivity index (χ1v) is 10.5. The van der Waals surface area contributed by atoms with Crippen molar-refractivity contribution in [1.82, 2.24) is 9.88 Å². The van der Waals surface area contributed by atoms with Crippen molar-refractivity contribution >= 4 is 17.5 Å². The number of hydrogen-bond acceptors (Lipinski definition) is 3. The molecule has 2 N–H and O–H groups in total. The van der Waals surface area contributed by atoms with Gasteiger partial charge in [-0.2, -0.15) is 0 Å². The summed E-state index contributed by atoms with van der Waals surface area (Å²) in [5.74, 6) is -0.202. The number of anilines is 1. The highest BCUT2D eigenvalue weighted by molar-refractivity contribution is 6.08. The molecule has 2 aliphatic heterocycles. The maximum Gasteiger partial charge on any atom is 0.255 e. The van der Waals surface area contributed by atoms with Gasteiger partial charge in [0, 0.05) is 24.5 Å². The summed E-state index contributed by atoms with van der Waals surface area (Å²) >= 11 is 0. The molecule has 3 heterocycles. The van der Waals surface area contributed by atoms with Crippen LogP contribution in [-0.4, -0.2) is 34.3 Å². The number of carbonyl (C=O) groups excluding carboxylic acids is 2. The number of pyridine rings is 1. The average molecular weight is 413 g/mol. The number of aromatic nitrogens is 1. The fraction of sp³-hybridized carbons (Fsp3) is 0.240. The topological polar surface area (TPSA) is 82.3 Å². The molecule has 2 atom stereocenters. The van der Waals surface area contributed by atoms with Crippen molar-refractivity contribution in [2.24, 2.45) is 0 Å². The van der Waals surface area contributed by atoms with Crippen molar-refractivity contribution in [3.8, 4) is 0 Å². The van der Waals surface area contributed by atoms with E-state index in [2.05, 4.69) is 22.4 Å². The Labute approximate surface area is 179 Å². The Balaban J connectivity index is 1.54. The van der Waals surface area contributed by atoms with Crippen molar-refractivity contribution in [3.63, 3.8) is 0 Å². The maximum absolute atomic E-state index is 13.4. The van der Waals surface area contributed by atoms with E-state index in [0.717, 1.165) is 17.7 Å². The van der Waals surface area contributed by atoms with E-state index in [-0.39, 0.29) is 23.4 Å². The van der Waals surface area contributed by atoms with Gasteiger partial charge in [-0.25, -0.2) is 0 Å². The second kappa shape index (κ2) is 7.54. The fourth-order valence-electron chi connectivity index (χ4n) is 5.10. The zero-order valence-corrected chi connectivity index (χ0v) is 17.0. The minimum Gasteiger partial charge on any atom is -0.334 e. The van der Waals surface area contributed by atoms with Crippen LogP contribution in [-0.2, 0) is 16.6 Å². The van der Waals surface area contributed by atoms with Crippen LogP contribution in [0.3, 0.4) is 0 Å². The van der Waals surface area contributed by atoms with Gasteiger partial charge in [0.15, 0.2) is 0 Å². The molecule has 1 saturated heterocycles. The smallest absolute Gasteiger partial charge is 0.255 e. The summed E-state index contributed by atoms with van der Waals surface area (Å²) in [4.78, 5) is 42.6. The Morgan fingerprint density at radius 1 is 1.00 bits per heavy atom. The number of hydrogen-bond donors (Lipinski definition) is 2. The van der Waals surface area contributed by atoms with Crippen LogP contribution in [0.15, 0.2) is 77.7 Å². The molecular formula is C25H23N3O3. The van der Waals surface area contributed by atoms with Gasteiger partial charge in [0.25, 0.3) is 5.91 Å². The highest BCUT2D eigenvalue weighted by Crippen LogP contribution is 2.49. The van der Waals surface area contributed by atoms with Gasteiger partial charge >= 0.3 is 0 Å². The molecule has 2 aliphatic rings. The lowest BCUT2D eigenvalue weighted by molar-refractivity contribution is -0.121. The third-order valence-corrected chi connectivity index (χ3v) is 6.59. The van der Waals surface area contributed by atoms with Gasteiger partial charge in [0.05, 0.1) is 17.0 Å². The number of nitrogens with zero attached hydrogens (tertiary/aromatic N) is 1. The van der Waals surface area contributed by atoms with Crippen LogP contribution < -0.4 is 10.9 Å². The van der Waals surface area contributed by atoms with E-state index in [4.69, 9.17) is 0 Å². The summed E-state index contributed by atoms with van der Waals surface area (Å²) < 4.78 is 0. The average Bonchev–Trinajstić information content (AvgIpc) is 3.32. The molecule has 2 aromatic carbocycles. The first kappa shape index (κ1) is 19.3. The molecule has 5 rings (SSSR count). The lowest BCUT2D eigenvalue weighted by Gasteiger charge is -2.34. The second-order valence-corrected chi connectivity index (χ2v) is 8.20. The Hall–Kier alpha value is -3.67. The van der Waals surface area contributed by atoms with Crippen LogP contribution in [0.1, 0.15) is 34.3 Å². The van der Waals surface area contributed by atoms with E-state index in [1.807, 2.05) is 47.4 Å². The van der Waals surface area contributed by atoms with Crippen molar-refractivity contribution in [2.45, 2.75) is 30.7 Å². The lowest BCUT2D eigenvalue weighted by Crippen LogP contribution is -2.49. The number of H-pyrrole nitrogens is 1. The molecule has 2 amide bonds. The quantitative estimate of drug-likeness (QED) is 0.690. The third kappa shape index (κ3) is 3.15. The number of fused-ring (bicyclic) bond motifs is 2. The van der Waals surface area contributed by atoms with Crippen LogP contribution in [0.5, 0.6) is 0 Å². The molecule has 31 heavy (non-hydrogen) atoms. The maximum atomic E-state index is 13.4.